The molecule has 0 N–H and O–H groups in total. The van der Waals surface area contributed by atoms with Gasteiger partial charge in [0.15, 0.2) is 0 Å². The van der Waals surface area contributed by atoms with Crippen molar-refractivity contribution in [3.8, 4) is 0 Å². The average molecular weight is 381 g/mol. The Morgan fingerprint density at radius 3 is 1.78 bits per heavy atom. The molecule has 0 saturated heterocycles. The van der Waals surface area contributed by atoms with Crippen molar-refractivity contribution >= 4 is 0 Å². The lowest BCUT2D eigenvalue weighted by Gasteiger charge is -2.40. The maximum absolute atomic E-state index is 2.62. The standard InChI is InChI=1S/C23H44.2C2H6/c1-19-12-11-16-23(4,17-15-19)21(3)20(2)18-22-13-9-7-5-6-8-10-14-22;2*1-2/h19-22H,5-18H2,1-4H3;2*1-2H3. The van der Waals surface area contributed by atoms with E-state index in [-0.39, 0.29) is 0 Å². The largest absolute Gasteiger partial charge is 0.0683 e. The van der Waals surface area contributed by atoms with E-state index in [2.05, 4.69) is 27.7 Å². The molecule has 0 bridgehead atoms. The Kier molecular flexibility index (Phi) is 15.9. The summed E-state index contributed by atoms with van der Waals surface area (Å²) in [5.41, 5.74) is 0.614. The monoisotopic (exact) mass is 380 g/mol. The van der Waals surface area contributed by atoms with Crippen molar-refractivity contribution < 1.29 is 0 Å². The molecule has 2 rings (SSSR count). The van der Waals surface area contributed by atoms with Gasteiger partial charge in [-0.15, -0.1) is 0 Å². The van der Waals surface area contributed by atoms with E-state index in [4.69, 9.17) is 0 Å². The third-order valence-corrected chi connectivity index (χ3v) is 7.79. The van der Waals surface area contributed by atoms with E-state index in [1.54, 1.807) is 0 Å². The summed E-state index contributed by atoms with van der Waals surface area (Å²) in [6, 6.07) is 0. The molecule has 0 aromatic carbocycles. The van der Waals surface area contributed by atoms with Crippen LogP contribution in [0.5, 0.6) is 0 Å². The molecule has 27 heavy (non-hydrogen) atoms. The lowest BCUT2D eigenvalue weighted by molar-refractivity contribution is 0.103. The van der Waals surface area contributed by atoms with E-state index in [0.717, 1.165) is 23.7 Å². The molecule has 2 fully saturated rings. The first-order valence-electron chi connectivity index (χ1n) is 13.0. The molecule has 4 atom stereocenters. The lowest BCUT2D eigenvalue weighted by Crippen LogP contribution is -2.30. The van der Waals surface area contributed by atoms with Crippen LogP contribution in [0.15, 0.2) is 0 Å². The van der Waals surface area contributed by atoms with Gasteiger partial charge in [-0.05, 0) is 48.3 Å². The zero-order valence-corrected chi connectivity index (χ0v) is 20.7. The summed E-state index contributed by atoms with van der Waals surface area (Å²) in [7, 11) is 0. The minimum Gasteiger partial charge on any atom is -0.0683 e. The maximum atomic E-state index is 2.62. The van der Waals surface area contributed by atoms with Crippen molar-refractivity contribution in [1.29, 1.82) is 0 Å². The molecular weight excluding hydrogens is 324 g/mol. The second kappa shape index (κ2) is 15.9. The zero-order valence-electron chi connectivity index (χ0n) is 20.7. The van der Waals surface area contributed by atoms with E-state index >= 15 is 0 Å². The minimum absolute atomic E-state index is 0.614. The molecule has 0 aliphatic heterocycles. The van der Waals surface area contributed by atoms with Gasteiger partial charge in [-0.1, -0.05) is 126 Å². The van der Waals surface area contributed by atoms with Crippen LogP contribution in [-0.4, -0.2) is 0 Å². The average Bonchev–Trinajstić information content (AvgIpc) is 2.78. The first-order valence-corrected chi connectivity index (χ1v) is 13.0. The fourth-order valence-electron chi connectivity index (χ4n) is 5.53. The van der Waals surface area contributed by atoms with Crippen LogP contribution in [-0.2, 0) is 0 Å². The van der Waals surface area contributed by atoms with Gasteiger partial charge in [-0.2, -0.15) is 0 Å². The second-order valence-corrected chi connectivity index (χ2v) is 9.76. The molecule has 2 aliphatic rings. The molecule has 0 radical (unpaired) electrons. The van der Waals surface area contributed by atoms with E-state index in [1.165, 1.54) is 89.9 Å². The predicted octanol–water partition coefficient (Wildman–Crippen LogP) is 10.1. The Balaban J connectivity index is 0.00000158. The summed E-state index contributed by atoms with van der Waals surface area (Å²) in [4.78, 5) is 0. The van der Waals surface area contributed by atoms with Crippen LogP contribution < -0.4 is 0 Å². The van der Waals surface area contributed by atoms with Gasteiger partial charge in [0, 0.05) is 0 Å². The first-order chi connectivity index (χ1) is 13.0. The van der Waals surface area contributed by atoms with Crippen LogP contribution >= 0.6 is 0 Å². The number of hydrogen-bond donors (Lipinski definition) is 0. The summed E-state index contributed by atoms with van der Waals surface area (Å²) in [6.45, 7) is 18.3. The molecule has 164 valence electrons. The minimum atomic E-state index is 0.614. The van der Waals surface area contributed by atoms with Crippen molar-refractivity contribution in [2.45, 2.75) is 145 Å². The van der Waals surface area contributed by atoms with Crippen LogP contribution in [0.3, 0.4) is 0 Å². The van der Waals surface area contributed by atoms with Gasteiger partial charge in [-0.25, -0.2) is 0 Å². The molecule has 0 aromatic rings. The number of hydrogen-bond acceptors (Lipinski definition) is 0. The quantitative estimate of drug-likeness (QED) is 0.425. The van der Waals surface area contributed by atoms with Crippen LogP contribution in [0.4, 0.5) is 0 Å². The van der Waals surface area contributed by atoms with Gasteiger partial charge in [-0.3, -0.25) is 0 Å². The highest BCUT2D eigenvalue weighted by Gasteiger charge is 2.36. The highest BCUT2D eigenvalue weighted by molar-refractivity contribution is 4.86. The second-order valence-electron chi connectivity index (χ2n) is 9.76. The highest BCUT2D eigenvalue weighted by Crippen LogP contribution is 2.46. The van der Waals surface area contributed by atoms with Gasteiger partial charge in [0.05, 0.1) is 0 Å². The van der Waals surface area contributed by atoms with Crippen molar-refractivity contribution in [2.24, 2.45) is 29.1 Å². The normalized spacial score (nSPS) is 30.0. The molecule has 0 aromatic heterocycles. The van der Waals surface area contributed by atoms with Gasteiger partial charge >= 0.3 is 0 Å². The van der Waals surface area contributed by atoms with Gasteiger partial charge in [0.1, 0.15) is 0 Å². The summed E-state index contributed by atoms with van der Waals surface area (Å²) in [5, 5.41) is 0. The van der Waals surface area contributed by atoms with Crippen molar-refractivity contribution in [3.63, 3.8) is 0 Å². The molecule has 0 amide bonds. The number of rotatable bonds is 4. The first kappa shape index (κ1) is 27.0. The fraction of sp³-hybridized carbons (Fsp3) is 1.00. The summed E-state index contributed by atoms with van der Waals surface area (Å²) in [5.74, 6) is 3.81. The Morgan fingerprint density at radius 2 is 1.22 bits per heavy atom. The van der Waals surface area contributed by atoms with Gasteiger partial charge < -0.3 is 0 Å². The smallest absolute Gasteiger partial charge is 0.0298 e. The van der Waals surface area contributed by atoms with E-state index in [9.17, 15) is 0 Å². The Morgan fingerprint density at radius 1 is 0.704 bits per heavy atom. The third kappa shape index (κ3) is 10.4. The molecule has 0 spiro atoms. The molecule has 2 aliphatic carbocycles. The van der Waals surface area contributed by atoms with Crippen LogP contribution in [0.2, 0.25) is 0 Å². The predicted molar refractivity (Wildman–Crippen MR) is 126 cm³/mol. The van der Waals surface area contributed by atoms with Crippen LogP contribution in [0, 0.1) is 29.1 Å². The van der Waals surface area contributed by atoms with E-state index < -0.39 is 0 Å². The Hall–Kier alpha value is 0. The zero-order chi connectivity index (χ0) is 20.7. The molecule has 2 saturated carbocycles. The van der Waals surface area contributed by atoms with Gasteiger partial charge in [0.2, 0.25) is 0 Å². The third-order valence-electron chi connectivity index (χ3n) is 7.79. The molecule has 0 heterocycles. The van der Waals surface area contributed by atoms with Crippen molar-refractivity contribution in [3.05, 3.63) is 0 Å². The summed E-state index contributed by atoms with van der Waals surface area (Å²) < 4.78 is 0. The van der Waals surface area contributed by atoms with Crippen molar-refractivity contribution in [1.82, 2.24) is 0 Å². The van der Waals surface area contributed by atoms with Crippen LogP contribution in [0.1, 0.15) is 145 Å². The maximum Gasteiger partial charge on any atom is -0.0298 e. The lowest BCUT2D eigenvalue weighted by atomic mass is 9.65. The van der Waals surface area contributed by atoms with E-state index in [1.807, 2.05) is 27.7 Å². The highest BCUT2D eigenvalue weighted by atomic mass is 14.4. The van der Waals surface area contributed by atoms with Crippen molar-refractivity contribution in [2.75, 3.05) is 0 Å². The summed E-state index contributed by atoms with van der Waals surface area (Å²) >= 11 is 0. The molecular formula is C27H56. The molecule has 0 nitrogen and oxygen atoms in total. The SMILES string of the molecule is CC.CC.CC1CCCC(C)(C(C)C(C)CC2CCCCCCCC2)CC1. The fourth-order valence-corrected chi connectivity index (χ4v) is 5.53. The topological polar surface area (TPSA) is 0 Å². The molecule has 0 heteroatoms. The Bertz CT molecular complexity index is 310. The molecule has 4 unspecified atom stereocenters. The van der Waals surface area contributed by atoms with Crippen LogP contribution in [0.25, 0.3) is 0 Å². The summed E-state index contributed by atoms with van der Waals surface area (Å²) in [6.07, 6.45) is 20.9. The van der Waals surface area contributed by atoms with E-state index in [0.29, 0.717) is 5.41 Å². The Labute approximate surface area is 174 Å². The van der Waals surface area contributed by atoms with Gasteiger partial charge in [0.25, 0.3) is 0 Å².